The molecule has 1 aromatic rings. The number of amides is 2. The van der Waals surface area contributed by atoms with Gasteiger partial charge in [-0.1, -0.05) is 31.7 Å². The van der Waals surface area contributed by atoms with Gasteiger partial charge in [-0.15, -0.1) is 0 Å². The van der Waals surface area contributed by atoms with E-state index >= 15 is 0 Å². The van der Waals surface area contributed by atoms with Crippen molar-refractivity contribution in [2.45, 2.75) is 63.8 Å². The van der Waals surface area contributed by atoms with Gasteiger partial charge in [0.15, 0.2) is 11.5 Å². The first-order valence-electron chi connectivity index (χ1n) is 10.4. The van der Waals surface area contributed by atoms with Gasteiger partial charge < -0.3 is 20.1 Å². The molecular weight excluding hydrogens is 356 g/mol. The molecule has 0 unspecified atom stereocenters. The number of carbonyl (C=O) groups is 2. The lowest BCUT2D eigenvalue weighted by Crippen LogP contribution is -2.46. The van der Waals surface area contributed by atoms with Gasteiger partial charge in [-0.25, -0.2) is 0 Å². The summed E-state index contributed by atoms with van der Waals surface area (Å²) in [6.07, 6.45) is 8.84. The molecule has 0 bridgehead atoms. The summed E-state index contributed by atoms with van der Waals surface area (Å²) in [7, 11) is 3.21. The Morgan fingerprint density at radius 2 is 1.68 bits per heavy atom. The highest BCUT2D eigenvalue weighted by atomic mass is 16.5. The van der Waals surface area contributed by atoms with Gasteiger partial charge in [0.1, 0.15) is 5.41 Å². The van der Waals surface area contributed by atoms with Gasteiger partial charge in [0.2, 0.25) is 11.8 Å². The molecule has 0 spiro atoms. The van der Waals surface area contributed by atoms with E-state index in [4.69, 9.17) is 9.47 Å². The maximum Gasteiger partial charge on any atom is 0.235 e. The van der Waals surface area contributed by atoms with Crippen LogP contribution in [-0.4, -0.2) is 38.6 Å². The molecule has 2 N–H and O–H groups in total. The molecule has 154 valence electrons. The lowest BCUT2D eigenvalue weighted by molar-refractivity contribution is -0.137. The molecule has 2 aliphatic rings. The highest BCUT2D eigenvalue weighted by molar-refractivity contribution is 6.07. The van der Waals surface area contributed by atoms with Crippen LogP contribution in [0.25, 0.3) is 0 Å². The third-order valence-electron chi connectivity index (χ3n) is 5.96. The Morgan fingerprint density at radius 3 is 2.29 bits per heavy atom. The summed E-state index contributed by atoms with van der Waals surface area (Å²) in [6.45, 7) is 0.493. The van der Waals surface area contributed by atoms with E-state index in [9.17, 15) is 9.59 Å². The number of carbonyl (C=O) groups excluding carboxylic acids is 2. The van der Waals surface area contributed by atoms with Crippen molar-refractivity contribution in [3.63, 3.8) is 0 Å². The number of ether oxygens (including phenoxy) is 2. The lowest BCUT2D eigenvalue weighted by Gasteiger charge is -2.21. The first kappa shape index (κ1) is 20.5. The van der Waals surface area contributed by atoms with Crippen molar-refractivity contribution in [1.82, 2.24) is 10.6 Å². The second kappa shape index (κ2) is 9.30. The van der Waals surface area contributed by atoms with Crippen molar-refractivity contribution in [3.05, 3.63) is 23.8 Å². The number of hydrogen-bond donors (Lipinski definition) is 2. The van der Waals surface area contributed by atoms with Crippen LogP contribution in [0.5, 0.6) is 11.5 Å². The molecular formula is C22H32N2O4. The molecule has 6 nitrogen and oxygen atoms in total. The van der Waals surface area contributed by atoms with Gasteiger partial charge >= 0.3 is 0 Å². The smallest absolute Gasteiger partial charge is 0.235 e. The van der Waals surface area contributed by atoms with Crippen molar-refractivity contribution in [3.8, 4) is 11.5 Å². The van der Waals surface area contributed by atoms with Gasteiger partial charge in [-0.3, -0.25) is 9.59 Å². The zero-order valence-corrected chi connectivity index (χ0v) is 17.0. The molecule has 2 saturated carbocycles. The molecule has 2 fully saturated rings. The van der Waals surface area contributed by atoms with Crippen molar-refractivity contribution in [1.29, 1.82) is 0 Å². The fourth-order valence-electron chi connectivity index (χ4n) is 3.96. The normalized spacial score (nSPS) is 18.6. The largest absolute Gasteiger partial charge is 0.493 e. The Labute approximate surface area is 167 Å². The molecule has 1 aromatic carbocycles. The van der Waals surface area contributed by atoms with Gasteiger partial charge in [0, 0.05) is 12.6 Å². The summed E-state index contributed by atoms with van der Waals surface area (Å²) < 4.78 is 10.6. The predicted octanol–water partition coefficient (Wildman–Crippen LogP) is 2.98. The maximum absolute atomic E-state index is 12.7. The van der Waals surface area contributed by atoms with Crippen molar-refractivity contribution in [2.75, 3.05) is 20.8 Å². The van der Waals surface area contributed by atoms with Crippen LogP contribution >= 0.6 is 0 Å². The Kier molecular flexibility index (Phi) is 6.81. The average Bonchev–Trinajstić information content (AvgIpc) is 3.53. The third kappa shape index (κ3) is 4.78. The van der Waals surface area contributed by atoms with Crippen LogP contribution in [-0.2, 0) is 16.0 Å². The third-order valence-corrected chi connectivity index (χ3v) is 5.96. The molecule has 3 rings (SSSR count). The molecule has 6 heteroatoms. The van der Waals surface area contributed by atoms with Crippen molar-refractivity contribution in [2.24, 2.45) is 5.41 Å². The van der Waals surface area contributed by atoms with E-state index in [0.29, 0.717) is 37.3 Å². The zero-order valence-electron chi connectivity index (χ0n) is 17.0. The monoisotopic (exact) mass is 388 g/mol. The minimum atomic E-state index is -0.843. The summed E-state index contributed by atoms with van der Waals surface area (Å²) in [5, 5.41) is 6.11. The second-order valence-corrected chi connectivity index (χ2v) is 7.94. The Bertz CT molecular complexity index is 692. The first-order valence-corrected chi connectivity index (χ1v) is 10.4. The SMILES string of the molecule is COc1ccc(CCNC(=O)C2(C(=O)NC3CCCCCC3)CC2)cc1OC. The minimum Gasteiger partial charge on any atom is -0.493 e. The van der Waals surface area contributed by atoms with Crippen molar-refractivity contribution < 1.29 is 19.1 Å². The van der Waals surface area contributed by atoms with Crippen LogP contribution in [0.15, 0.2) is 18.2 Å². The molecule has 0 saturated heterocycles. The molecule has 28 heavy (non-hydrogen) atoms. The number of nitrogens with one attached hydrogen (secondary N) is 2. The summed E-state index contributed by atoms with van der Waals surface area (Å²) in [5.41, 5.74) is 0.204. The quantitative estimate of drug-likeness (QED) is 0.530. The molecule has 0 radical (unpaired) electrons. The fraction of sp³-hybridized carbons (Fsp3) is 0.636. The van der Waals surface area contributed by atoms with E-state index in [1.807, 2.05) is 18.2 Å². The summed E-state index contributed by atoms with van der Waals surface area (Å²) in [6, 6.07) is 5.96. The van der Waals surface area contributed by atoms with Crippen LogP contribution in [0, 0.1) is 5.41 Å². The van der Waals surface area contributed by atoms with Crippen LogP contribution < -0.4 is 20.1 Å². The number of rotatable bonds is 8. The van der Waals surface area contributed by atoms with Gasteiger partial charge in [-0.2, -0.15) is 0 Å². The lowest BCUT2D eigenvalue weighted by atomic mass is 10.0. The van der Waals surface area contributed by atoms with E-state index in [2.05, 4.69) is 10.6 Å². The van der Waals surface area contributed by atoms with E-state index in [-0.39, 0.29) is 17.9 Å². The minimum absolute atomic E-state index is 0.0805. The number of benzene rings is 1. The number of methoxy groups -OCH3 is 2. The number of hydrogen-bond acceptors (Lipinski definition) is 4. The molecule has 2 amide bonds. The maximum atomic E-state index is 12.7. The van der Waals surface area contributed by atoms with Crippen LogP contribution in [0.1, 0.15) is 56.9 Å². The summed E-state index contributed by atoms with van der Waals surface area (Å²) >= 11 is 0. The van der Waals surface area contributed by atoms with Gasteiger partial charge in [0.05, 0.1) is 14.2 Å². The van der Waals surface area contributed by atoms with Crippen LogP contribution in [0.3, 0.4) is 0 Å². The van der Waals surface area contributed by atoms with Crippen LogP contribution in [0.4, 0.5) is 0 Å². The van der Waals surface area contributed by atoms with Crippen molar-refractivity contribution >= 4 is 11.8 Å². The molecule has 0 heterocycles. The summed E-state index contributed by atoms with van der Waals surface area (Å²) in [4.78, 5) is 25.4. The standard InChI is InChI=1S/C22H32N2O4/c1-27-18-10-9-16(15-19(18)28-2)11-14-23-20(25)22(12-13-22)21(26)24-17-7-5-3-4-6-8-17/h9-10,15,17H,3-8,11-14H2,1-2H3,(H,23,25)(H,24,26). The zero-order chi connectivity index (χ0) is 20.0. The predicted molar refractivity (Wildman–Crippen MR) is 108 cm³/mol. The molecule has 0 atom stereocenters. The van der Waals surface area contributed by atoms with Gasteiger partial charge in [-0.05, 0) is 49.8 Å². The topological polar surface area (TPSA) is 76.7 Å². The Hall–Kier alpha value is -2.24. The molecule has 0 aliphatic heterocycles. The first-order chi connectivity index (χ1) is 13.6. The van der Waals surface area contributed by atoms with E-state index in [1.54, 1.807) is 14.2 Å². The summed E-state index contributed by atoms with van der Waals surface area (Å²) in [5.74, 6) is 1.14. The van der Waals surface area contributed by atoms with E-state index in [0.717, 1.165) is 31.2 Å². The van der Waals surface area contributed by atoms with Crippen LogP contribution in [0.2, 0.25) is 0 Å². The molecule has 2 aliphatic carbocycles. The van der Waals surface area contributed by atoms with E-state index < -0.39 is 5.41 Å². The second-order valence-electron chi connectivity index (χ2n) is 7.94. The van der Waals surface area contributed by atoms with E-state index in [1.165, 1.54) is 12.8 Å². The highest BCUT2D eigenvalue weighted by Gasteiger charge is 2.56. The Morgan fingerprint density at radius 1 is 1.00 bits per heavy atom. The highest BCUT2D eigenvalue weighted by Crippen LogP contribution is 2.46. The van der Waals surface area contributed by atoms with Gasteiger partial charge in [0.25, 0.3) is 0 Å². The molecule has 0 aromatic heterocycles. The average molecular weight is 389 g/mol. The fourth-order valence-corrected chi connectivity index (χ4v) is 3.96. The Balaban J connectivity index is 1.49.